The van der Waals surface area contributed by atoms with Gasteiger partial charge in [0.15, 0.2) is 7.28 Å². The fourth-order valence-corrected chi connectivity index (χ4v) is 2.55. The highest BCUT2D eigenvalue weighted by molar-refractivity contribution is 6.66. The van der Waals surface area contributed by atoms with E-state index in [2.05, 4.69) is 45.2 Å². The van der Waals surface area contributed by atoms with Crippen LogP contribution in [0.5, 0.6) is 0 Å². The zero-order valence-electron chi connectivity index (χ0n) is 10.6. The molecule has 85 valence electrons. The third-order valence-corrected chi connectivity index (χ3v) is 3.61. The molecule has 1 heterocycles. The lowest BCUT2D eigenvalue weighted by atomic mass is 9.64. The maximum atomic E-state index is 4.23. The van der Waals surface area contributed by atoms with E-state index in [1.165, 1.54) is 27.3 Å². The van der Waals surface area contributed by atoms with Crippen LogP contribution in [0.25, 0.3) is 30.0 Å². The highest BCUT2D eigenvalue weighted by Crippen LogP contribution is 2.16. The van der Waals surface area contributed by atoms with Crippen LogP contribution in [-0.4, -0.2) is 7.28 Å². The molecule has 1 aliphatic rings. The smallest absolute Gasteiger partial charge is 0.0967 e. The van der Waals surface area contributed by atoms with Crippen molar-refractivity contribution in [2.24, 2.45) is 0 Å². The summed E-state index contributed by atoms with van der Waals surface area (Å²) in [5, 5.41) is 4.55. The summed E-state index contributed by atoms with van der Waals surface area (Å²) in [7, 11) is 2.17. The van der Waals surface area contributed by atoms with Gasteiger partial charge in [-0.2, -0.15) is 0 Å². The number of hydrogen-bond donors (Lipinski definition) is 0. The minimum absolute atomic E-state index is 1.08. The van der Waals surface area contributed by atoms with E-state index in [0.717, 1.165) is 16.0 Å². The minimum Gasteiger partial charge on any atom is -0.0967 e. The lowest BCUT2D eigenvalue weighted by Crippen LogP contribution is -2.35. The predicted molar refractivity (Wildman–Crippen MR) is 82.4 cm³/mol. The van der Waals surface area contributed by atoms with Crippen molar-refractivity contribution in [3.05, 3.63) is 57.9 Å². The molecule has 1 heteroatoms. The molecule has 0 saturated heterocycles. The van der Waals surface area contributed by atoms with Crippen molar-refractivity contribution in [3.8, 4) is 0 Å². The standard InChI is InChI=1S/C17H14B/c1-10(2)16-9-15-11(3)13-7-5-6-8-14(13)12(4)17(15)18-16/h5-9H,1,3-4H2,2H3. The van der Waals surface area contributed by atoms with E-state index in [9.17, 15) is 0 Å². The lowest BCUT2D eigenvalue weighted by Gasteiger charge is -2.06. The number of hydrogen-bond acceptors (Lipinski definition) is 0. The van der Waals surface area contributed by atoms with Gasteiger partial charge in [0, 0.05) is 0 Å². The molecule has 0 spiro atoms. The fraction of sp³-hybridized carbons (Fsp3) is 0.0588. The Morgan fingerprint density at radius 1 is 1.06 bits per heavy atom. The molecule has 0 aromatic heterocycles. The summed E-state index contributed by atoms with van der Waals surface area (Å²) in [5.74, 6) is 0. The van der Waals surface area contributed by atoms with Gasteiger partial charge in [-0.3, -0.25) is 0 Å². The Balaban J connectivity index is 2.44. The molecule has 0 fully saturated rings. The molecule has 0 nitrogen and oxygen atoms in total. The van der Waals surface area contributed by atoms with Crippen molar-refractivity contribution in [2.75, 3.05) is 0 Å². The molecular formula is C17H14B. The summed E-state index contributed by atoms with van der Waals surface area (Å²) in [6.07, 6.45) is 2.17. The average molecular weight is 229 g/mol. The van der Waals surface area contributed by atoms with Gasteiger partial charge in [0.25, 0.3) is 0 Å². The number of benzene rings is 2. The molecule has 1 aliphatic heterocycles. The van der Waals surface area contributed by atoms with Gasteiger partial charge in [0.05, 0.1) is 0 Å². The van der Waals surface area contributed by atoms with E-state index in [-0.39, 0.29) is 0 Å². The Kier molecular flexibility index (Phi) is 2.31. The second kappa shape index (κ2) is 3.74. The van der Waals surface area contributed by atoms with E-state index in [0.29, 0.717) is 0 Å². The second-order valence-corrected chi connectivity index (χ2v) is 4.85. The summed E-state index contributed by atoms with van der Waals surface area (Å²) in [6.45, 7) is 14.5. The second-order valence-electron chi connectivity index (χ2n) is 4.85. The largest absolute Gasteiger partial charge is 0.193 e. The Labute approximate surface area is 108 Å². The summed E-state index contributed by atoms with van der Waals surface area (Å²) in [5.41, 5.74) is 4.64. The lowest BCUT2D eigenvalue weighted by molar-refractivity contribution is 1.54. The van der Waals surface area contributed by atoms with Gasteiger partial charge < -0.3 is 0 Å². The molecule has 0 unspecified atom stereocenters. The number of allylic oxidation sites excluding steroid dienone is 2. The third-order valence-electron chi connectivity index (χ3n) is 3.61. The Morgan fingerprint density at radius 2 is 1.67 bits per heavy atom. The Hall–Kier alpha value is -2.02. The molecule has 0 saturated carbocycles. The van der Waals surface area contributed by atoms with Crippen LogP contribution in [0, 0.1) is 0 Å². The monoisotopic (exact) mass is 229 g/mol. The van der Waals surface area contributed by atoms with E-state index in [1.54, 1.807) is 0 Å². The maximum absolute atomic E-state index is 4.23. The van der Waals surface area contributed by atoms with Crippen LogP contribution in [0.2, 0.25) is 0 Å². The van der Waals surface area contributed by atoms with Crippen molar-refractivity contribution < 1.29 is 0 Å². The SMILES string of the molecule is C=C(C)C1=Cc2c(c(=C)c3ccccc3c2=C)[B]1. The van der Waals surface area contributed by atoms with Crippen LogP contribution in [0.4, 0.5) is 0 Å². The first-order valence-electron chi connectivity index (χ1n) is 6.04. The number of rotatable bonds is 1. The molecular weight excluding hydrogens is 215 g/mol. The van der Waals surface area contributed by atoms with Gasteiger partial charge in [-0.05, 0) is 33.7 Å². The van der Waals surface area contributed by atoms with Crippen LogP contribution < -0.4 is 15.9 Å². The van der Waals surface area contributed by atoms with Gasteiger partial charge in [0.1, 0.15) is 0 Å². The van der Waals surface area contributed by atoms with Gasteiger partial charge >= 0.3 is 0 Å². The van der Waals surface area contributed by atoms with E-state index in [4.69, 9.17) is 0 Å². The van der Waals surface area contributed by atoms with Gasteiger partial charge in [0.2, 0.25) is 0 Å². The molecule has 2 aromatic rings. The third kappa shape index (κ3) is 1.40. The zero-order valence-corrected chi connectivity index (χ0v) is 10.6. The molecule has 0 bridgehead atoms. The average Bonchev–Trinajstić information content (AvgIpc) is 2.81. The van der Waals surface area contributed by atoms with Crippen molar-refractivity contribution in [1.29, 1.82) is 0 Å². The normalized spacial score (nSPS) is 13.1. The van der Waals surface area contributed by atoms with E-state index >= 15 is 0 Å². The van der Waals surface area contributed by atoms with Crippen molar-refractivity contribution in [1.82, 2.24) is 0 Å². The maximum Gasteiger partial charge on any atom is 0.193 e. The van der Waals surface area contributed by atoms with Gasteiger partial charge in [-0.1, -0.05) is 66.6 Å². The highest BCUT2D eigenvalue weighted by atomic mass is 14.1. The van der Waals surface area contributed by atoms with Crippen LogP contribution in [0.3, 0.4) is 0 Å². The van der Waals surface area contributed by atoms with Crippen molar-refractivity contribution in [3.63, 3.8) is 0 Å². The number of fused-ring (bicyclic) bond motifs is 2. The van der Waals surface area contributed by atoms with Crippen molar-refractivity contribution >= 4 is 42.7 Å². The first-order valence-corrected chi connectivity index (χ1v) is 6.04. The van der Waals surface area contributed by atoms with Gasteiger partial charge in [-0.25, -0.2) is 0 Å². The Bertz CT molecular complexity index is 810. The molecule has 0 aliphatic carbocycles. The van der Waals surface area contributed by atoms with Crippen LogP contribution >= 0.6 is 0 Å². The van der Waals surface area contributed by atoms with Crippen molar-refractivity contribution in [2.45, 2.75) is 6.92 Å². The molecule has 0 atom stereocenters. The van der Waals surface area contributed by atoms with Crippen LogP contribution in [-0.2, 0) is 0 Å². The van der Waals surface area contributed by atoms with E-state index < -0.39 is 0 Å². The van der Waals surface area contributed by atoms with E-state index in [1.807, 2.05) is 19.1 Å². The predicted octanol–water partition coefficient (Wildman–Crippen LogP) is 1.92. The fourth-order valence-electron chi connectivity index (χ4n) is 2.55. The Morgan fingerprint density at radius 3 is 2.28 bits per heavy atom. The van der Waals surface area contributed by atoms with Gasteiger partial charge in [-0.15, -0.1) is 0 Å². The first-order chi connectivity index (χ1) is 8.59. The summed E-state index contributed by atoms with van der Waals surface area (Å²) in [6, 6.07) is 8.31. The molecule has 1 radical (unpaired) electrons. The zero-order chi connectivity index (χ0) is 12.9. The minimum atomic E-state index is 1.08. The molecule has 18 heavy (non-hydrogen) atoms. The first kappa shape index (κ1) is 11.1. The molecule has 0 amide bonds. The summed E-state index contributed by atoms with van der Waals surface area (Å²) < 4.78 is 0. The quantitative estimate of drug-likeness (QED) is 0.655. The van der Waals surface area contributed by atoms with Crippen LogP contribution in [0.15, 0.2) is 41.9 Å². The summed E-state index contributed by atoms with van der Waals surface area (Å²) >= 11 is 0. The molecule has 2 aromatic carbocycles. The topological polar surface area (TPSA) is 0 Å². The van der Waals surface area contributed by atoms with Crippen LogP contribution in [0.1, 0.15) is 12.5 Å². The molecule has 0 N–H and O–H groups in total. The highest BCUT2D eigenvalue weighted by Gasteiger charge is 2.17. The summed E-state index contributed by atoms with van der Waals surface area (Å²) in [4.78, 5) is 0. The molecule has 3 rings (SSSR count).